The highest BCUT2D eigenvalue weighted by Gasteiger charge is 2.09. The maximum atomic E-state index is 5.80. The van der Waals surface area contributed by atoms with Crippen molar-refractivity contribution in [3.05, 3.63) is 43.7 Å². The average molecular weight is 478 g/mol. The summed E-state index contributed by atoms with van der Waals surface area (Å²) in [6, 6.07) is 9.46. The molecule has 0 amide bonds. The van der Waals surface area contributed by atoms with Gasteiger partial charge in [-0.25, -0.2) is 9.97 Å². The number of rotatable bonds is 2. The molecule has 130 valence electrons. The van der Waals surface area contributed by atoms with E-state index in [1.807, 2.05) is 30.3 Å². The zero-order valence-corrected chi connectivity index (χ0v) is 17.8. The number of fused-ring (bicyclic) bond motifs is 2. The summed E-state index contributed by atoms with van der Waals surface area (Å²) in [6.07, 6.45) is 0. The number of benzene rings is 2. The molecule has 0 aliphatic heterocycles. The van der Waals surface area contributed by atoms with E-state index in [-0.39, 0.29) is 0 Å². The van der Waals surface area contributed by atoms with Crippen LogP contribution in [-0.2, 0) is 0 Å². The molecule has 0 unspecified atom stereocenters. The molecular weight excluding hydrogens is 467 g/mol. The molecule has 4 rings (SSSR count). The van der Waals surface area contributed by atoms with E-state index in [2.05, 4.69) is 25.9 Å². The SMILES string of the molecule is COc1ccc2nc(Cl)sc2c1.COc1ccc2nc(Cl)sc2c1Br. The van der Waals surface area contributed by atoms with Gasteiger partial charge in [0.25, 0.3) is 0 Å². The summed E-state index contributed by atoms with van der Waals surface area (Å²) in [5.74, 6) is 1.63. The summed E-state index contributed by atoms with van der Waals surface area (Å²) in [5.41, 5.74) is 1.81. The van der Waals surface area contributed by atoms with Crippen molar-refractivity contribution in [2.24, 2.45) is 0 Å². The van der Waals surface area contributed by atoms with Crippen LogP contribution in [0.15, 0.2) is 34.8 Å². The Labute approximate surface area is 170 Å². The van der Waals surface area contributed by atoms with E-state index in [0.717, 1.165) is 36.4 Å². The summed E-state index contributed by atoms with van der Waals surface area (Å²) in [4.78, 5) is 8.26. The molecule has 0 spiro atoms. The summed E-state index contributed by atoms with van der Waals surface area (Å²) >= 11 is 17.9. The highest BCUT2D eigenvalue weighted by molar-refractivity contribution is 9.10. The minimum absolute atomic E-state index is 0.545. The molecule has 0 radical (unpaired) electrons. The van der Waals surface area contributed by atoms with Gasteiger partial charge in [0.05, 0.1) is 39.1 Å². The first-order valence-electron chi connectivity index (χ1n) is 6.90. The van der Waals surface area contributed by atoms with Crippen molar-refractivity contribution < 1.29 is 9.47 Å². The number of hydrogen-bond donors (Lipinski definition) is 0. The molecule has 0 N–H and O–H groups in total. The fourth-order valence-corrected chi connectivity index (χ4v) is 4.92. The van der Waals surface area contributed by atoms with Gasteiger partial charge in [-0.2, -0.15) is 0 Å². The van der Waals surface area contributed by atoms with Gasteiger partial charge in [0, 0.05) is 0 Å². The molecule has 4 nitrogen and oxygen atoms in total. The van der Waals surface area contributed by atoms with E-state index in [9.17, 15) is 0 Å². The lowest BCUT2D eigenvalue weighted by Gasteiger charge is -2.01. The number of ether oxygens (including phenoxy) is 2. The summed E-state index contributed by atoms with van der Waals surface area (Å²) < 4.78 is 14.3. The van der Waals surface area contributed by atoms with Gasteiger partial charge in [0.1, 0.15) is 11.5 Å². The zero-order chi connectivity index (χ0) is 18.0. The number of hydrogen-bond acceptors (Lipinski definition) is 6. The fraction of sp³-hybridized carbons (Fsp3) is 0.125. The van der Waals surface area contributed by atoms with Crippen LogP contribution in [0.4, 0.5) is 0 Å². The highest BCUT2D eigenvalue weighted by atomic mass is 79.9. The Morgan fingerprint density at radius 2 is 1.60 bits per heavy atom. The Balaban J connectivity index is 0.000000146. The first-order valence-corrected chi connectivity index (χ1v) is 10.1. The molecule has 0 aliphatic rings. The molecule has 2 heterocycles. The number of nitrogens with zero attached hydrogens (tertiary/aromatic N) is 2. The van der Waals surface area contributed by atoms with E-state index >= 15 is 0 Å². The first kappa shape index (κ1) is 18.7. The first-order chi connectivity index (χ1) is 12.0. The van der Waals surface area contributed by atoms with Crippen molar-refractivity contribution >= 4 is 82.2 Å². The van der Waals surface area contributed by atoms with Crippen LogP contribution in [-0.4, -0.2) is 24.2 Å². The number of methoxy groups -OCH3 is 2. The van der Waals surface area contributed by atoms with E-state index in [1.54, 1.807) is 14.2 Å². The molecule has 9 heteroatoms. The van der Waals surface area contributed by atoms with Crippen LogP contribution < -0.4 is 9.47 Å². The molecule has 2 aromatic heterocycles. The molecule has 0 fully saturated rings. The summed E-state index contributed by atoms with van der Waals surface area (Å²) in [5, 5.41) is 0. The summed E-state index contributed by atoms with van der Waals surface area (Å²) in [6.45, 7) is 0. The molecule has 0 aliphatic carbocycles. The quantitative estimate of drug-likeness (QED) is 0.323. The third kappa shape index (κ3) is 4.17. The van der Waals surface area contributed by atoms with E-state index in [1.165, 1.54) is 22.7 Å². The minimum Gasteiger partial charge on any atom is -0.497 e. The largest absolute Gasteiger partial charge is 0.497 e. The monoisotopic (exact) mass is 476 g/mol. The minimum atomic E-state index is 0.545. The molecule has 0 saturated heterocycles. The molecular formula is C16H11BrCl2N2O2S2. The van der Waals surface area contributed by atoms with E-state index < -0.39 is 0 Å². The average Bonchev–Trinajstić information content (AvgIpc) is 3.16. The van der Waals surface area contributed by atoms with Crippen LogP contribution >= 0.6 is 61.8 Å². The van der Waals surface area contributed by atoms with Gasteiger partial charge in [-0.15, -0.1) is 22.7 Å². The van der Waals surface area contributed by atoms with Gasteiger partial charge < -0.3 is 9.47 Å². The van der Waals surface area contributed by atoms with Gasteiger partial charge in [0.2, 0.25) is 0 Å². The Morgan fingerprint density at radius 1 is 0.920 bits per heavy atom. The topological polar surface area (TPSA) is 44.2 Å². The molecule has 25 heavy (non-hydrogen) atoms. The van der Waals surface area contributed by atoms with Crippen LogP contribution in [0.1, 0.15) is 0 Å². The second-order valence-corrected chi connectivity index (χ2v) is 8.68. The number of halogens is 3. The Morgan fingerprint density at radius 3 is 2.32 bits per heavy atom. The van der Waals surface area contributed by atoms with Crippen molar-refractivity contribution in [1.82, 2.24) is 9.97 Å². The summed E-state index contributed by atoms with van der Waals surface area (Å²) in [7, 11) is 3.28. The molecule has 2 aromatic carbocycles. The zero-order valence-electron chi connectivity index (χ0n) is 13.0. The highest BCUT2D eigenvalue weighted by Crippen LogP contribution is 2.37. The smallest absolute Gasteiger partial charge is 0.184 e. The number of thiazole rings is 2. The van der Waals surface area contributed by atoms with Gasteiger partial charge in [-0.05, 0) is 46.3 Å². The molecule has 0 saturated carbocycles. The van der Waals surface area contributed by atoms with Crippen LogP contribution in [0.3, 0.4) is 0 Å². The fourth-order valence-electron chi connectivity index (χ4n) is 2.08. The second-order valence-electron chi connectivity index (χ2n) is 4.70. The predicted octanol–water partition coefficient (Wildman–Crippen LogP) is 6.68. The van der Waals surface area contributed by atoms with Crippen molar-refractivity contribution in [1.29, 1.82) is 0 Å². The van der Waals surface area contributed by atoms with Crippen LogP contribution in [0, 0.1) is 0 Å². The van der Waals surface area contributed by atoms with E-state index in [4.69, 9.17) is 32.7 Å². The third-order valence-electron chi connectivity index (χ3n) is 3.22. The van der Waals surface area contributed by atoms with E-state index in [0.29, 0.717) is 8.93 Å². The Bertz CT molecular complexity index is 1040. The maximum Gasteiger partial charge on any atom is 0.184 e. The van der Waals surface area contributed by atoms with Crippen molar-refractivity contribution in [3.8, 4) is 11.5 Å². The maximum absolute atomic E-state index is 5.80. The number of aromatic nitrogens is 2. The van der Waals surface area contributed by atoms with Gasteiger partial charge in [-0.1, -0.05) is 23.2 Å². The predicted molar refractivity (Wildman–Crippen MR) is 110 cm³/mol. The van der Waals surface area contributed by atoms with Crippen molar-refractivity contribution in [2.75, 3.05) is 14.2 Å². The lowest BCUT2D eigenvalue weighted by Crippen LogP contribution is -1.83. The molecule has 0 atom stereocenters. The van der Waals surface area contributed by atoms with Gasteiger partial charge >= 0.3 is 0 Å². The van der Waals surface area contributed by atoms with Gasteiger partial charge in [-0.3, -0.25) is 0 Å². The standard InChI is InChI=1S/C8H5BrClNOS.C8H6ClNOS/c1-12-5-3-2-4-7(6(5)9)13-8(10)11-4;1-11-5-2-3-6-7(4-5)12-8(9)10-6/h2-3H,1H3;2-4H,1H3. The van der Waals surface area contributed by atoms with Gasteiger partial charge in [0.15, 0.2) is 8.93 Å². The molecule has 4 aromatic rings. The van der Waals surface area contributed by atoms with Crippen LogP contribution in [0.25, 0.3) is 20.4 Å². The van der Waals surface area contributed by atoms with Crippen molar-refractivity contribution in [2.45, 2.75) is 0 Å². The lowest BCUT2D eigenvalue weighted by molar-refractivity contribution is 0.413. The Kier molecular flexibility index (Phi) is 6.01. The lowest BCUT2D eigenvalue weighted by atomic mass is 10.3. The normalized spacial score (nSPS) is 10.6. The molecule has 0 bridgehead atoms. The second kappa shape index (κ2) is 8.05. The van der Waals surface area contributed by atoms with Crippen LogP contribution in [0.2, 0.25) is 8.93 Å². The van der Waals surface area contributed by atoms with Crippen LogP contribution in [0.5, 0.6) is 11.5 Å². The third-order valence-corrected chi connectivity index (χ3v) is 6.59. The Hall–Kier alpha value is -1.12. The van der Waals surface area contributed by atoms with Crippen molar-refractivity contribution in [3.63, 3.8) is 0 Å².